The Kier molecular flexibility index (Phi) is 13.9. The summed E-state index contributed by atoms with van der Waals surface area (Å²) >= 11 is 0. The van der Waals surface area contributed by atoms with Crippen molar-refractivity contribution in [3.05, 3.63) is 35.9 Å². The molecule has 2 N–H and O–H groups in total. The maximum absolute atomic E-state index is 9.44. The van der Waals surface area contributed by atoms with E-state index >= 15 is 0 Å². The number of hydrogen-bond donors (Lipinski definition) is 2. The molecule has 0 atom stereocenters. The maximum atomic E-state index is 9.44. The van der Waals surface area contributed by atoms with E-state index in [-0.39, 0.29) is 19.0 Å². The molecule has 3 nitrogen and oxygen atoms in total. The summed E-state index contributed by atoms with van der Waals surface area (Å²) in [6.07, 6.45) is 0. The van der Waals surface area contributed by atoms with Crippen LogP contribution in [-0.2, 0) is 4.79 Å². The second-order valence-electron chi connectivity index (χ2n) is 3.01. The SMILES string of the molecule is CC(C)=O.Cc1ccccc1.OCCO. The normalized spacial score (nSPS) is 7.80. The number of aryl methyl sites for hydroxylation is 1. The fraction of sp³-hybridized carbons (Fsp3) is 0.417. The average Bonchev–Trinajstić information content (AvgIpc) is 2.18. The second kappa shape index (κ2) is 12.8. The van der Waals surface area contributed by atoms with Gasteiger partial charge in [0.05, 0.1) is 13.2 Å². The highest BCUT2D eigenvalue weighted by atomic mass is 16.3. The molecular formula is C12H20O3. The molecule has 0 saturated carbocycles. The minimum atomic E-state index is -0.125. The number of aliphatic hydroxyl groups is 2. The van der Waals surface area contributed by atoms with Gasteiger partial charge in [-0.05, 0) is 20.8 Å². The van der Waals surface area contributed by atoms with E-state index in [9.17, 15) is 4.79 Å². The smallest absolute Gasteiger partial charge is 0.126 e. The third-order valence-corrected chi connectivity index (χ3v) is 1.04. The van der Waals surface area contributed by atoms with Crippen molar-refractivity contribution in [2.75, 3.05) is 13.2 Å². The molecule has 0 unspecified atom stereocenters. The molecule has 15 heavy (non-hydrogen) atoms. The topological polar surface area (TPSA) is 57.5 Å². The third kappa shape index (κ3) is 24.5. The first-order valence-corrected chi connectivity index (χ1v) is 4.75. The predicted molar refractivity (Wildman–Crippen MR) is 61.7 cm³/mol. The highest BCUT2D eigenvalue weighted by Crippen LogP contribution is 1.92. The third-order valence-electron chi connectivity index (χ3n) is 1.04. The zero-order valence-corrected chi connectivity index (χ0v) is 9.60. The summed E-state index contributed by atoms with van der Waals surface area (Å²) < 4.78 is 0. The Morgan fingerprint density at radius 2 is 1.40 bits per heavy atom. The molecule has 0 radical (unpaired) electrons. The second-order valence-corrected chi connectivity index (χ2v) is 3.01. The van der Waals surface area contributed by atoms with Crippen LogP contribution in [0.15, 0.2) is 30.3 Å². The number of hydrogen-bond acceptors (Lipinski definition) is 3. The minimum Gasteiger partial charge on any atom is -0.394 e. The fourth-order valence-electron chi connectivity index (χ4n) is 0.534. The molecule has 0 aliphatic carbocycles. The first-order chi connectivity index (χ1) is 7.04. The molecule has 1 aromatic carbocycles. The molecule has 0 saturated heterocycles. The lowest BCUT2D eigenvalue weighted by atomic mass is 10.2. The number of carbonyl (C=O) groups excluding carboxylic acids is 1. The van der Waals surface area contributed by atoms with Gasteiger partial charge in [-0.1, -0.05) is 35.9 Å². The van der Waals surface area contributed by atoms with Gasteiger partial charge in [0, 0.05) is 0 Å². The summed E-state index contributed by atoms with van der Waals surface area (Å²) in [6, 6.07) is 10.3. The minimum absolute atomic E-state index is 0.125. The Morgan fingerprint density at radius 1 is 1.07 bits per heavy atom. The molecule has 0 aliphatic rings. The number of aliphatic hydroxyl groups excluding tert-OH is 2. The van der Waals surface area contributed by atoms with E-state index in [1.807, 2.05) is 18.2 Å². The van der Waals surface area contributed by atoms with Crippen LogP contribution >= 0.6 is 0 Å². The van der Waals surface area contributed by atoms with Gasteiger partial charge >= 0.3 is 0 Å². The van der Waals surface area contributed by atoms with Crippen molar-refractivity contribution >= 4 is 5.78 Å². The van der Waals surface area contributed by atoms with Crippen molar-refractivity contribution < 1.29 is 15.0 Å². The van der Waals surface area contributed by atoms with Crippen LogP contribution in [0.4, 0.5) is 0 Å². The van der Waals surface area contributed by atoms with E-state index in [0.29, 0.717) is 0 Å². The largest absolute Gasteiger partial charge is 0.394 e. The molecular weight excluding hydrogens is 192 g/mol. The summed E-state index contributed by atoms with van der Waals surface area (Å²) in [4.78, 5) is 9.44. The summed E-state index contributed by atoms with van der Waals surface area (Å²) in [5, 5.41) is 15.2. The summed E-state index contributed by atoms with van der Waals surface area (Å²) in [7, 11) is 0. The summed E-state index contributed by atoms with van der Waals surface area (Å²) in [5.74, 6) is 0.167. The van der Waals surface area contributed by atoms with Crippen LogP contribution in [0.25, 0.3) is 0 Å². The van der Waals surface area contributed by atoms with Crippen LogP contribution in [0.2, 0.25) is 0 Å². The van der Waals surface area contributed by atoms with Gasteiger partial charge in [-0.2, -0.15) is 0 Å². The molecule has 86 valence electrons. The van der Waals surface area contributed by atoms with Crippen molar-refractivity contribution in [1.29, 1.82) is 0 Å². The van der Waals surface area contributed by atoms with Crippen LogP contribution in [0.3, 0.4) is 0 Å². The molecule has 3 heteroatoms. The zero-order valence-electron chi connectivity index (χ0n) is 9.60. The van der Waals surface area contributed by atoms with E-state index < -0.39 is 0 Å². The van der Waals surface area contributed by atoms with Crippen LogP contribution in [0.1, 0.15) is 19.4 Å². The molecule has 0 heterocycles. The Labute approximate surface area is 91.4 Å². The monoisotopic (exact) mass is 212 g/mol. The lowest BCUT2D eigenvalue weighted by Gasteiger charge is -1.82. The Hall–Kier alpha value is -1.19. The molecule has 0 fully saturated rings. The summed E-state index contributed by atoms with van der Waals surface area (Å²) in [6.45, 7) is 4.89. The van der Waals surface area contributed by atoms with Gasteiger partial charge in [0.2, 0.25) is 0 Å². The van der Waals surface area contributed by atoms with Crippen molar-refractivity contribution in [2.45, 2.75) is 20.8 Å². The van der Waals surface area contributed by atoms with Gasteiger partial charge in [-0.3, -0.25) is 0 Å². The number of rotatable bonds is 1. The van der Waals surface area contributed by atoms with Crippen LogP contribution in [0.5, 0.6) is 0 Å². The molecule has 1 rings (SSSR count). The van der Waals surface area contributed by atoms with Crippen molar-refractivity contribution in [2.24, 2.45) is 0 Å². The molecule has 1 aromatic rings. The van der Waals surface area contributed by atoms with Crippen molar-refractivity contribution in [1.82, 2.24) is 0 Å². The van der Waals surface area contributed by atoms with Gasteiger partial charge in [0.15, 0.2) is 0 Å². The number of carbonyl (C=O) groups is 1. The Morgan fingerprint density at radius 3 is 1.53 bits per heavy atom. The molecule has 0 aromatic heterocycles. The first-order valence-electron chi connectivity index (χ1n) is 4.75. The molecule has 0 amide bonds. The van der Waals surface area contributed by atoms with E-state index in [0.717, 1.165) is 0 Å². The van der Waals surface area contributed by atoms with Crippen molar-refractivity contribution in [3.63, 3.8) is 0 Å². The van der Waals surface area contributed by atoms with E-state index in [2.05, 4.69) is 19.1 Å². The first kappa shape index (κ1) is 16.2. The van der Waals surface area contributed by atoms with Crippen LogP contribution in [-0.4, -0.2) is 29.2 Å². The van der Waals surface area contributed by atoms with Gasteiger partial charge in [0.1, 0.15) is 5.78 Å². The zero-order chi connectivity index (χ0) is 12.1. The Bertz CT molecular complexity index is 226. The molecule has 0 bridgehead atoms. The lowest BCUT2D eigenvalue weighted by Crippen LogP contribution is -1.85. The number of Topliss-reactive ketones (excluding diaryl/α,β-unsaturated/α-hetero) is 1. The van der Waals surface area contributed by atoms with Crippen LogP contribution < -0.4 is 0 Å². The molecule has 0 spiro atoms. The van der Waals surface area contributed by atoms with Gasteiger partial charge < -0.3 is 15.0 Å². The summed E-state index contributed by atoms with van der Waals surface area (Å²) in [5.41, 5.74) is 1.32. The standard InChI is InChI=1S/C7H8.C3H6O.C2H6O2/c1-7-5-3-2-4-6-7;1-3(2)4;3-1-2-4/h2-6H,1H3;1-2H3;3-4H,1-2H2. The maximum Gasteiger partial charge on any atom is 0.126 e. The lowest BCUT2D eigenvalue weighted by molar-refractivity contribution is -0.114. The van der Waals surface area contributed by atoms with Gasteiger partial charge in [-0.15, -0.1) is 0 Å². The average molecular weight is 212 g/mol. The van der Waals surface area contributed by atoms with E-state index in [4.69, 9.17) is 10.2 Å². The van der Waals surface area contributed by atoms with E-state index in [1.165, 1.54) is 19.4 Å². The quantitative estimate of drug-likeness (QED) is 0.742. The molecule has 0 aliphatic heterocycles. The van der Waals surface area contributed by atoms with E-state index in [1.54, 1.807) is 0 Å². The van der Waals surface area contributed by atoms with Gasteiger partial charge in [0.25, 0.3) is 0 Å². The highest BCUT2D eigenvalue weighted by Gasteiger charge is 1.72. The highest BCUT2D eigenvalue weighted by molar-refractivity contribution is 5.72. The van der Waals surface area contributed by atoms with Gasteiger partial charge in [-0.25, -0.2) is 0 Å². The van der Waals surface area contributed by atoms with Crippen LogP contribution in [0, 0.1) is 6.92 Å². The Balaban J connectivity index is 0. The number of benzene rings is 1. The fourth-order valence-corrected chi connectivity index (χ4v) is 0.534. The van der Waals surface area contributed by atoms with Crippen molar-refractivity contribution in [3.8, 4) is 0 Å². The number of ketones is 1. The predicted octanol–water partition coefficient (Wildman–Crippen LogP) is 1.56.